The quantitative estimate of drug-likeness (QED) is 0.440. The number of aromatic nitrogens is 1. The average molecular weight is 396 g/mol. The summed E-state index contributed by atoms with van der Waals surface area (Å²) in [6, 6.07) is 23.4. The van der Waals surface area contributed by atoms with Gasteiger partial charge in [-0.15, -0.1) is 12.1 Å². The summed E-state index contributed by atoms with van der Waals surface area (Å²) in [6.07, 6.45) is 3.21. The molecule has 1 radical (unpaired) electrons. The van der Waals surface area contributed by atoms with Crippen LogP contribution < -0.4 is 4.57 Å². The summed E-state index contributed by atoms with van der Waals surface area (Å²) in [5.74, 6) is 0. The molecule has 2 aromatic carbocycles. The van der Waals surface area contributed by atoms with Gasteiger partial charge in [-0.25, -0.2) is 0 Å². The summed E-state index contributed by atoms with van der Waals surface area (Å²) >= 11 is 0. The topological polar surface area (TPSA) is 3.88 Å². The van der Waals surface area contributed by atoms with Crippen molar-refractivity contribution in [3.8, 4) is 5.69 Å². The Labute approximate surface area is 114 Å². The molecule has 0 unspecified atom stereocenters. The Balaban J connectivity index is 0.00000108. The zero-order valence-corrected chi connectivity index (χ0v) is 11.4. The van der Waals surface area contributed by atoms with Gasteiger partial charge in [0.25, 0.3) is 0 Å². The minimum Gasteiger partial charge on any atom is -0.300 e. The van der Waals surface area contributed by atoms with E-state index < -0.39 is 0 Å². The molecule has 0 saturated carbocycles. The molecule has 85 valence electrons. The average Bonchev–Trinajstić information content (AvgIpc) is 2.39. The molecule has 0 N–H and O–H groups in total. The fourth-order valence-corrected chi connectivity index (χ4v) is 1.83. The molecule has 0 aliphatic heterocycles. The van der Waals surface area contributed by atoms with Crippen LogP contribution in [0.4, 0.5) is 0 Å². The molecule has 0 aliphatic rings. The standard InChI is InChI=1S/C15H10N.Ir/c1-2-9-14(10-3-1)16-12-6-8-13-7-4-5-11-15(13)16;/h1-9,11H;/q-1;. The van der Waals surface area contributed by atoms with E-state index in [2.05, 4.69) is 30.5 Å². The molecule has 17 heavy (non-hydrogen) atoms. The van der Waals surface area contributed by atoms with Crippen LogP contribution in [0.1, 0.15) is 0 Å². The molecule has 3 aromatic rings. The maximum atomic E-state index is 3.21. The Morgan fingerprint density at radius 1 is 0.824 bits per heavy atom. The van der Waals surface area contributed by atoms with Crippen LogP contribution >= 0.6 is 0 Å². The number of para-hydroxylation sites is 2. The summed E-state index contributed by atoms with van der Waals surface area (Å²) in [6.45, 7) is 0. The fraction of sp³-hybridized carbons (Fsp3) is 0. The first-order chi connectivity index (χ1) is 7.95. The second kappa shape index (κ2) is 5.22. The molecule has 0 spiro atoms. The summed E-state index contributed by atoms with van der Waals surface area (Å²) in [4.78, 5) is 0. The Bertz CT molecular complexity index is 615. The van der Waals surface area contributed by atoms with E-state index in [0.717, 1.165) is 11.2 Å². The number of fused-ring (bicyclic) bond motifs is 1. The van der Waals surface area contributed by atoms with E-state index in [1.807, 2.05) is 47.0 Å². The third-order valence-electron chi connectivity index (χ3n) is 2.58. The van der Waals surface area contributed by atoms with Gasteiger partial charge in [0.05, 0.1) is 0 Å². The SMILES string of the molecule is [Ir].[c-]1ccccc1-[n+]1[c-]ccc2ccccc21. The largest absolute Gasteiger partial charge is 0.300 e. The second-order valence-corrected chi connectivity index (χ2v) is 3.60. The first kappa shape index (κ1) is 12.0. The summed E-state index contributed by atoms with van der Waals surface area (Å²) in [7, 11) is 0. The van der Waals surface area contributed by atoms with E-state index in [0.29, 0.717) is 0 Å². The van der Waals surface area contributed by atoms with Gasteiger partial charge in [0, 0.05) is 25.8 Å². The van der Waals surface area contributed by atoms with Gasteiger partial charge >= 0.3 is 0 Å². The fourth-order valence-electron chi connectivity index (χ4n) is 1.83. The van der Waals surface area contributed by atoms with E-state index in [1.165, 1.54) is 5.39 Å². The second-order valence-electron chi connectivity index (χ2n) is 3.60. The van der Waals surface area contributed by atoms with E-state index in [-0.39, 0.29) is 20.1 Å². The van der Waals surface area contributed by atoms with Crippen LogP contribution in [0.3, 0.4) is 0 Å². The van der Waals surface area contributed by atoms with Gasteiger partial charge in [-0.1, -0.05) is 24.3 Å². The number of nitrogens with zero attached hydrogens (tertiary/aromatic N) is 1. The van der Waals surface area contributed by atoms with Crippen molar-refractivity contribution in [2.45, 2.75) is 0 Å². The third-order valence-corrected chi connectivity index (χ3v) is 2.58. The van der Waals surface area contributed by atoms with Gasteiger partial charge < -0.3 is 4.57 Å². The van der Waals surface area contributed by atoms with Gasteiger partial charge in [-0.3, -0.25) is 0 Å². The van der Waals surface area contributed by atoms with Crippen LogP contribution in [0.2, 0.25) is 0 Å². The zero-order valence-electron chi connectivity index (χ0n) is 9.05. The molecule has 3 rings (SSSR count). The van der Waals surface area contributed by atoms with Gasteiger partial charge in [-0.05, 0) is 11.5 Å². The Morgan fingerprint density at radius 2 is 1.65 bits per heavy atom. The van der Waals surface area contributed by atoms with Crippen molar-refractivity contribution in [3.63, 3.8) is 0 Å². The molecule has 1 heterocycles. The Hall–Kier alpha value is -1.50. The summed E-state index contributed by atoms with van der Waals surface area (Å²) < 4.78 is 2.02. The van der Waals surface area contributed by atoms with Gasteiger partial charge in [0.1, 0.15) is 5.52 Å². The molecule has 0 atom stereocenters. The van der Waals surface area contributed by atoms with Gasteiger partial charge in [-0.2, -0.15) is 24.3 Å². The molecule has 0 fully saturated rings. The van der Waals surface area contributed by atoms with E-state index >= 15 is 0 Å². The third kappa shape index (κ3) is 2.28. The molecule has 0 bridgehead atoms. The summed E-state index contributed by atoms with van der Waals surface area (Å²) in [5.41, 5.74) is 2.16. The minimum atomic E-state index is 0. The van der Waals surface area contributed by atoms with E-state index in [1.54, 1.807) is 0 Å². The predicted octanol–water partition coefficient (Wildman–Crippen LogP) is 2.71. The smallest absolute Gasteiger partial charge is 0.150 e. The number of hydrogen-bond donors (Lipinski definition) is 0. The van der Waals surface area contributed by atoms with Gasteiger partial charge in [0.15, 0.2) is 6.20 Å². The number of hydrogen-bond acceptors (Lipinski definition) is 0. The van der Waals surface area contributed by atoms with Crippen molar-refractivity contribution in [3.05, 3.63) is 72.9 Å². The van der Waals surface area contributed by atoms with Gasteiger partial charge in [0.2, 0.25) is 0 Å². The Morgan fingerprint density at radius 3 is 2.47 bits per heavy atom. The normalized spacial score (nSPS) is 9.88. The van der Waals surface area contributed by atoms with Crippen molar-refractivity contribution in [1.29, 1.82) is 0 Å². The molecule has 0 amide bonds. The maximum absolute atomic E-state index is 3.21. The van der Waals surface area contributed by atoms with Crippen molar-refractivity contribution in [1.82, 2.24) is 0 Å². The van der Waals surface area contributed by atoms with Crippen molar-refractivity contribution < 1.29 is 24.7 Å². The monoisotopic (exact) mass is 397 g/mol. The summed E-state index contributed by atoms with van der Waals surface area (Å²) in [5, 5.41) is 1.21. The number of benzene rings is 2. The molecule has 0 saturated heterocycles. The Kier molecular flexibility index (Phi) is 3.68. The molecule has 2 heteroatoms. The van der Waals surface area contributed by atoms with E-state index in [4.69, 9.17) is 0 Å². The van der Waals surface area contributed by atoms with Crippen LogP contribution in [0.5, 0.6) is 0 Å². The zero-order chi connectivity index (χ0) is 10.8. The number of rotatable bonds is 1. The van der Waals surface area contributed by atoms with Crippen LogP contribution in [0, 0.1) is 12.3 Å². The van der Waals surface area contributed by atoms with Crippen LogP contribution in [-0.4, -0.2) is 0 Å². The first-order valence-corrected chi connectivity index (χ1v) is 5.24. The molecule has 0 aliphatic carbocycles. The molecular weight excluding hydrogens is 386 g/mol. The first-order valence-electron chi connectivity index (χ1n) is 5.24. The van der Waals surface area contributed by atoms with Crippen molar-refractivity contribution in [2.75, 3.05) is 0 Å². The predicted molar refractivity (Wildman–Crippen MR) is 63.2 cm³/mol. The van der Waals surface area contributed by atoms with Crippen LogP contribution in [0.15, 0.2) is 60.7 Å². The van der Waals surface area contributed by atoms with Crippen molar-refractivity contribution >= 4 is 10.9 Å². The molecule has 1 aromatic heterocycles. The molecular formula is C15H10IrN-. The minimum absolute atomic E-state index is 0. The maximum Gasteiger partial charge on any atom is 0.150 e. The van der Waals surface area contributed by atoms with E-state index in [9.17, 15) is 0 Å². The molecule has 1 nitrogen and oxygen atoms in total. The number of pyridine rings is 1. The van der Waals surface area contributed by atoms with Crippen molar-refractivity contribution in [2.24, 2.45) is 0 Å². The van der Waals surface area contributed by atoms with Crippen LogP contribution in [0.25, 0.3) is 16.6 Å². The van der Waals surface area contributed by atoms with Crippen LogP contribution in [-0.2, 0) is 20.1 Å².